The quantitative estimate of drug-likeness (QED) is 0.500. The maximum Gasteiger partial charge on any atom is 0.131 e. The second-order valence-electron chi connectivity index (χ2n) is 5.20. The summed E-state index contributed by atoms with van der Waals surface area (Å²) >= 11 is 4.24. The Morgan fingerprint density at radius 1 is 0.696 bits per heavy atom. The van der Waals surface area contributed by atoms with Crippen molar-refractivity contribution in [1.29, 1.82) is 0 Å². The molecule has 2 atom stereocenters. The van der Waals surface area contributed by atoms with Crippen LogP contribution >= 0.6 is 31.1 Å². The summed E-state index contributed by atoms with van der Waals surface area (Å²) in [6, 6.07) is 15.6. The first-order chi connectivity index (χ1) is 11.0. The molecule has 0 N–H and O–H groups in total. The third-order valence-electron chi connectivity index (χ3n) is 3.64. The third-order valence-corrected chi connectivity index (χ3v) is 5.36. The number of thiol groups is 1. The van der Waals surface area contributed by atoms with Crippen molar-refractivity contribution in [2.45, 2.75) is 4.90 Å². The van der Waals surface area contributed by atoms with Crippen LogP contribution in [0.3, 0.4) is 0 Å². The molecule has 0 saturated carbocycles. The molecule has 3 aromatic carbocycles. The zero-order chi connectivity index (χ0) is 16.6. The molecule has 0 heterocycles. The van der Waals surface area contributed by atoms with Crippen molar-refractivity contribution in [1.82, 2.24) is 0 Å². The van der Waals surface area contributed by atoms with Gasteiger partial charge < -0.3 is 0 Å². The highest BCUT2D eigenvalue weighted by molar-refractivity contribution is 7.80. The molecule has 23 heavy (non-hydrogen) atoms. The van der Waals surface area contributed by atoms with Crippen LogP contribution in [0.4, 0.5) is 8.78 Å². The van der Waals surface area contributed by atoms with E-state index in [2.05, 4.69) is 31.1 Å². The molecule has 0 aromatic heterocycles. The molecular weight excluding hydrogens is 348 g/mol. The van der Waals surface area contributed by atoms with E-state index in [0.29, 0.717) is 21.7 Å². The van der Waals surface area contributed by atoms with Crippen LogP contribution in [-0.2, 0) is 0 Å². The Morgan fingerprint density at radius 2 is 1.30 bits per heavy atom. The van der Waals surface area contributed by atoms with E-state index in [9.17, 15) is 8.78 Å². The summed E-state index contributed by atoms with van der Waals surface area (Å²) in [6.45, 7) is 0. The van der Waals surface area contributed by atoms with Crippen LogP contribution in [0.15, 0.2) is 59.5 Å². The molecule has 3 rings (SSSR count). The van der Waals surface area contributed by atoms with Crippen LogP contribution in [0.1, 0.15) is 0 Å². The molecule has 0 bridgehead atoms. The summed E-state index contributed by atoms with van der Waals surface area (Å²) in [4.78, 5) is 0.854. The lowest BCUT2D eigenvalue weighted by atomic mass is 9.99. The van der Waals surface area contributed by atoms with Crippen molar-refractivity contribution in [3.63, 3.8) is 0 Å². The Kier molecular flexibility index (Phi) is 4.82. The van der Waals surface area contributed by atoms with Crippen molar-refractivity contribution in [2.24, 2.45) is 0 Å². The predicted octanol–water partition coefficient (Wildman–Crippen LogP) is 4.59. The van der Waals surface area contributed by atoms with Gasteiger partial charge in [-0.05, 0) is 52.3 Å². The largest absolute Gasteiger partial charge is 0.206 e. The zero-order valence-corrected chi connectivity index (χ0v) is 15.3. The van der Waals surface area contributed by atoms with Crippen molar-refractivity contribution in [3.8, 4) is 22.3 Å². The lowest BCUT2D eigenvalue weighted by Gasteiger charge is -2.10. The fourth-order valence-corrected chi connectivity index (χ4v) is 3.01. The average Bonchev–Trinajstić information content (AvgIpc) is 2.53. The monoisotopic (exact) mass is 362 g/mol. The highest BCUT2D eigenvalue weighted by atomic mass is 32.1. The third kappa shape index (κ3) is 3.48. The van der Waals surface area contributed by atoms with E-state index in [1.54, 1.807) is 12.1 Å². The van der Waals surface area contributed by atoms with Gasteiger partial charge in [-0.1, -0.05) is 24.3 Å². The second-order valence-corrected chi connectivity index (χ2v) is 6.92. The van der Waals surface area contributed by atoms with E-state index in [1.807, 2.05) is 30.3 Å². The fourth-order valence-electron chi connectivity index (χ4n) is 2.38. The van der Waals surface area contributed by atoms with Crippen LogP contribution in [0.2, 0.25) is 0 Å². The van der Waals surface area contributed by atoms with Crippen LogP contribution in [0, 0.1) is 11.6 Å². The van der Waals surface area contributed by atoms with Crippen molar-refractivity contribution < 1.29 is 8.78 Å². The van der Waals surface area contributed by atoms with E-state index in [4.69, 9.17) is 0 Å². The summed E-state index contributed by atoms with van der Waals surface area (Å²) in [7, 11) is 4.81. The molecule has 116 valence electrons. The molecule has 0 spiro atoms. The average molecular weight is 362 g/mol. The molecule has 3 aromatic rings. The number of hydrogen-bond donors (Lipinski definition) is 1. The van der Waals surface area contributed by atoms with E-state index in [-0.39, 0.29) is 11.6 Å². The topological polar surface area (TPSA) is 0 Å². The first-order valence-electron chi connectivity index (χ1n) is 6.89. The number of benzene rings is 3. The Labute approximate surface area is 144 Å². The predicted molar refractivity (Wildman–Crippen MR) is 103 cm³/mol. The van der Waals surface area contributed by atoms with Crippen molar-refractivity contribution >= 4 is 41.7 Å². The van der Waals surface area contributed by atoms with Gasteiger partial charge in [0.15, 0.2) is 0 Å². The zero-order valence-electron chi connectivity index (χ0n) is 12.1. The summed E-state index contributed by atoms with van der Waals surface area (Å²) in [5.74, 6) is -0.747. The Balaban J connectivity index is 2.04. The van der Waals surface area contributed by atoms with Gasteiger partial charge in [0.2, 0.25) is 0 Å². The molecule has 0 aliphatic rings. The van der Waals surface area contributed by atoms with Gasteiger partial charge in [-0.3, -0.25) is 0 Å². The maximum absolute atomic E-state index is 14.5. The molecule has 0 saturated heterocycles. The number of rotatable bonds is 2. The highest BCUT2D eigenvalue weighted by Crippen LogP contribution is 2.28. The SMILES string of the molecule is Fc1cc(-c2ccc(S)cc2)ccc1-c1cc(F)c(P)c(P)c1. The molecule has 0 amide bonds. The fraction of sp³-hybridized carbons (Fsp3) is 0. The minimum Gasteiger partial charge on any atom is -0.206 e. The normalized spacial score (nSPS) is 10.8. The second kappa shape index (κ2) is 6.69. The Hall–Kier alpha value is -1.27. The van der Waals surface area contributed by atoms with Crippen LogP contribution in [0.25, 0.3) is 22.3 Å². The molecule has 5 heteroatoms. The number of hydrogen-bond acceptors (Lipinski definition) is 1. The highest BCUT2D eigenvalue weighted by Gasteiger charge is 2.11. The van der Waals surface area contributed by atoms with Gasteiger partial charge in [-0.2, -0.15) is 0 Å². The van der Waals surface area contributed by atoms with Gasteiger partial charge in [-0.15, -0.1) is 31.1 Å². The minimum absolute atomic E-state index is 0.370. The van der Waals surface area contributed by atoms with Gasteiger partial charge in [0.05, 0.1) is 0 Å². The van der Waals surface area contributed by atoms with Gasteiger partial charge >= 0.3 is 0 Å². The van der Waals surface area contributed by atoms with Crippen LogP contribution in [-0.4, -0.2) is 0 Å². The van der Waals surface area contributed by atoms with Crippen molar-refractivity contribution in [3.05, 3.63) is 66.2 Å². The standard InChI is InChI=1S/C18H14F2P2S/c19-15-7-11(10-1-4-13(23)5-2-10)3-6-14(15)12-8-16(20)18(22)17(21)9-12/h1-9,23H,21-22H2. The van der Waals surface area contributed by atoms with E-state index in [0.717, 1.165) is 16.0 Å². The molecule has 0 radical (unpaired) electrons. The summed E-state index contributed by atoms with van der Waals surface area (Å²) in [5.41, 5.74) is 2.58. The first-order valence-corrected chi connectivity index (χ1v) is 8.49. The summed E-state index contributed by atoms with van der Waals surface area (Å²) < 4.78 is 28.4. The summed E-state index contributed by atoms with van der Waals surface area (Å²) in [5, 5.41) is 1.17. The minimum atomic E-state index is -0.377. The smallest absolute Gasteiger partial charge is 0.131 e. The molecular formula is C18H14F2P2S. The molecule has 0 aliphatic heterocycles. The first kappa shape index (κ1) is 16.6. The van der Waals surface area contributed by atoms with E-state index < -0.39 is 0 Å². The van der Waals surface area contributed by atoms with Crippen LogP contribution < -0.4 is 10.6 Å². The van der Waals surface area contributed by atoms with Gasteiger partial charge in [0, 0.05) is 15.8 Å². The molecule has 2 unspecified atom stereocenters. The molecule has 0 fully saturated rings. The van der Waals surface area contributed by atoms with Gasteiger partial charge in [-0.25, -0.2) is 8.78 Å². The van der Waals surface area contributed by atoms with Crippen LogP contribution in [0.5, 0.6) is 0 Å². The Morgan fingerprint density at radius 3 is 1.91 bits per heavy atom. The lowest BCUT2D eigenvalue weighted by Crippen LogP contribution is -2.15. The van der Waals surface area contributed by atoms with Gasteiger partial charge in [0.1, 0.15) is 11.6 Å². The van der Waals surface area contributed by atoms with Gasteiger partial charge in [0.25, 0.3) is 0 Å². The molecule has 0 aliphatic carbocycles. The Bertz CT molecular complexity index is 854. The molecule has 0 nitrogen and oxygen atoms in total. The maximum atomic E-state index is 14.5. The van der Waals surface area contributed by atoms with E-state index >= 15 is 0 Å². The lowest BCUT2D eigenvalue weighted by molar-refractivity contribution is 0.629. The van der Waals surface area contributed by atoms with E-state index in [1.165, 1.54) is 12.1 Å². The van der Waals surface area contributed by atoms with Crippen molar-refractivity contribution in [2.75, 3.05) is 0 Å². The summed E-state index contributed by atoms with van der Waals surface area (Å²) in [6.07, 6.45) is 0. The number of halogens is 2.